The maximum Gasteiger partial charge on any atom is 0.416 e. The predicted molar refractivity (Wildman–Crippen MR) is 133 cm³/mol. The quantitative estimate of drug-likeness (QED) is 0.231. The van der Waals surface area contributed by atoms with Gasteiger partial charge in [0.15, 0.2) is 0 Å². The summed E-state index contributed by atoms with van der Waals surface area (Å²) in [5.74, 6) is 5.56. The molecule has 1 aliphatic rings. The molecule has 0 bridgehead atoms. The SMILES string of the molecule is Cc1ncc(C(=O)Nc2cc(CN3CCCC3)cc(C(F)(F)F)c2)cc1N(N)CC(=N)c1cncs1. The molecule has 1 saturated heterocycles. The number of nitrogens with two attached hydrogens (primary N) is 1. The number of halogens is 3. The van der Waals surface area contributed by atoms with Crippen molar-refractivity contribution in [3.63, 3.8) is 0 Å². The van der Waals surface area contributed by atoms with E-state index >= 15 is 0 Å². The van der Waals surface area contributed by atoms with Gasteiger partial charge in [0.2, 0.25) is 0 Å². The lowest BCUT2D eigenvalue weighted by Crippen LogP contribution is -2.36. The second-order valence-electron chi connectivity index (χ2n) is 8.65. The van der Waals surface area contributed by atoms with Gasteiger partial charge < -0.3 is 15.7 Å². The van der Waals surface area contributed by atoms with Crippen molar-refractivity contribution in [3.05, 3.63) is 69.4 Å². The topological polar surface area (TPSA) is 111 Å². The standard InChI is InChI=1S/C24H26F3N7OS/c1-15-21(34(29)13-20(28)22-11-30-14-36-22)8-17(10-31-15)23(35)32-19-7-16(12-33-4-2-3-5-33)6-18(9-19)24(25,26)27/h6-11,14,28H,2-5,12-13,29H2,1H3,(H,32,35). The highest BCUT2D eigenvalue weighted by molar-refractivity contribution is 7.11. The first-order chi connectivity index (χ1) is 17.1. The summed E-state index contributed by atoms with van der Waals surface area (Å²) >= 11 is 1.31. The highest BCUT2D eigenvalue weighted by Gasteiger charge is 2.31. The van der Waals surface area contributed by atoms with Crippen molar-refractivity contribution >= 4 is 34.3 Å². The summed E-state index contributed by atoms with van der Waals surface area (Å²) in [4.78, 5) is 23.9. The number of pyridine rings is 1. The highest BCUT2D eigenvalue weighted by Crippen LogP contribution is 2.33. The number of nitrogens with zero attached hydrogens (tertiary/aromatic N) is 4. The molecule has 3 aromatic rings. The highest BCUT2D eigenvalue weighted by atomic mass is 32.1. The summed E-state index contributed by atoms with van der Waals surface area (Å²) in [6.45, 7) is 3.84. The van der Waals surface area contributed by atoms with Crippen molar-refractivity contribution < 1.29 is 18.0 Å². The van der Waals surface area contributed by atoms with E-state index in [0.29, 0.717) is 28.4 Å². The van der Waals surface area contributed by atoms with Gasteiger partial charge in [0.05, 0.1) is 45.2 Å². The first-order valence-corrected chi connectivity index (χ1v) is 12.2. The molecule has 1 aromatic carbocycles. The van der Waals surface area contributed by atoms with Crippen LogP contribution in [0.3, 0.4) is 0 Å². The number of carbonyl (C=O) groups is 1. The molecule has 0 aliphatic carbocycles. The Kier molecular flexibility index (Phi) is 7.67. The third-order valence-electron chi connectivity index (χ3n) is 5.87. The van der Waals surface area contributed by atoms with Gasteiger partial charge in [-0.25, -0.2) is 5.84 Å². The molecule has 0 unspecified atom stereocenters. The number of anilines is 2. The van der Waals surface area contributed by atoms with Gasteiger partial charge in [0.25, 0.3) is 5.91 Å². The smallest absolute Gasteiger partial charge is 0.322 e. The zero-order valence-electron chi connectivity index (χ0n) is 19.6. The van der Waals surface area contributed by atoms with Crippen LogP contribution in [-0.2, 0) is 12.7 Å². The minimum atomic E-state index is -4.54. The summed E-state index contributed by atoms with van der Waals surface area (Å²) in [7, 11) is 0. The number of benzene rings is 1. The first kappa shape index (κ1) is 25.7. The van der Waals surface area contributed by atoms with Crippen LogP contribution in [0.25, 0.3) is 0 Å². The number of hydrogen-bond acceptors (Lipinski definition) is 8. The van der Waals surface area contributed by atoms with Gasteiger partial charge in [0, 0.05) is 24.6 Å². The Morgan fingerprint density at radius 2 is 1.97 bits per heavy atom. The van der Waals surface area contributed by atoms with Crippen molar-refractivity contribution in [2.24, 2.45) is 5.84 Å². The number of rotatable bonds is 8. The number of carbonyl (C=O) groups excluding carboxylic acids is 1. The minimum Gasteiger partial charge on any atom is -0.322 e. The van der Waals surface area contributed by atoms with Crippen LogP contribution in [0.2, 0.25) is 0 Å². The average molecular weight is 518 g/mol. The van der Waals surface area contributed by atoms with Crippen LogP contribution in [0.5, 0.6) is 0 Å². The zero-order valence-corrected chi connectivity index (χ0v) is 20.4. The number of aryl methyl sites for hydroxylation is 1. The van der Waals surface area contributed by atoms with Crippen molar-refractivity contribution in [1.82, 2.24) is 14.9 Å². The van der Waals surface area contributed by atoms with E-state index in [1.807, 2.05) is 0 Å². The van der Waals surface area contributed by atoms with E-state index in [2.05, 4.69) is 20.2 Å². The van der Waals surface area contributed by atoms with Gasteiger partial charge in [-0.05, 0) is 62.7 Å². The molecule has 1 amide bonds. The van der Waals surface area contributed by atoms with Crippen LogP contribution in [0, 0.1) is 12.3 Å². The molecule has 8 nitrogen and oxygen atoms in total. The van der Waals surface area contributed by atoms with Crippen LogP contribution >= 0.6 is 11.3 Å². The van der Waals surface area contributed by atoms with E-state index in [4.69, 9.17) is 11.3 Å². The van der Waals surface area contributed by atoms with E-state index in [-0.39, 0.29) is 23.5 Å². The fraction of sp³-hybridized carbons (Fsp3) is 0.333. The number of likely N-dealkylation sites (tertiary alicyclic amines) is 1. The van der Waals surface area contributed by atoms with Gasteiger partial charge in [0.1, 0.15) is 0 Å². The fourth-order valence-electron chi connectivity index (χ4n) is 4.06. The van der Waals surface area contributed by atoms with E-state index in [9.17, 15) is 18.0 Å². The van der Waals surface area contributed by atoms with Gasteiger partial charge in [-0.1, -0.05) is 0 Å². The Balaban J connectivity index is 1.53. The van der Waals surface area contributed by atoms with Crippen molar-refractivity contribution in [1.29, 1.82) is 5.41 Å². The molecule has 3 heterocycles. The van der Waals surface area contributed by atoms with E-state index in [0.717, 1.165) is 38.1 Å². The number of aromatic nitrogens is 2. The lowest BCUT2D eigenvalue weighted by molar-refractivity contribution is -0.137. The molecule has 2 aromatic heterocycles. The fourth-order valence-corrected chi connectivity index (χ4v) is 4.62. The third-order valence-corrected chi connectivity index (χ3v) is 6.71. The molecule has 190 valence electrons. The minimum absolute atomic E-state index is 0.0581. The first-order valence-electron chi connectivity index (χ1n) is 11.3. The van der Waals surface area contributed by atoms with Crippen molar-refractivity contribution in [2.75, 3.05) is 30.0 Å². The molecular weight excluding hydrogens is 491 g/mol. The number of hydrazine groups is 1. The molecular formula is C24H26F3N7OS. The number of amides is 1. The van der Waals surface area contributed by atoms with E-state index in [1.54, 1.807) is 24.7 Å². The molecule has 1 aliphatic heterocycles. The van der Waals surface area contributed by atoms with Crippen LogP contribution in [0.4, 0.5) is 24.5 Å². The molecule has 0 atom stereocenters. The summed E-state index contributed by atoms with van der Waals surface area (Å²) in [6.07, 6.45) is 0.417. The largest absolute Gasteiger partial charge is 0.416 e. The average Bonchev–Trinajstić information content (AvgIpc) is 3.53. The van der Waals surface area contributed by atoms with Crippen molar-refractivity contribution in [2.45, 2.75) is 32.5 Å². The van der Waals surface area contributed by atoms with Gasteiger partial charge in [-0.3, -0.25) is 19.7 Å². The summed E-state index contributed by atoms with van der Waals surface area (Å²) in [6, 6.07) is 5.14. The normalized spacial score (nSPS) is 14.1. The Labute approximate surface area is 210 Å². The molecule has 4 rings (SSSR count). The second-order valence-corrected chi connectivity index (χ2v) is 9.54. The molecule has 0 saturated carbocycles. The zero-order chi connectivity index (χ0) is 25.9. The van der Waals surface area contributed by atoms with E-state index in [1.165, 1.54) is 28.6 Å². The number of hydrogen-bond donors (Lipinski definition) is 3. The van der Waals surface area contributed by atoms with Crippen LogP contribution < -0.4 is 16.2 Å². The number of nitrogens with one attached hydrogen (secondary N) is 2. The molecule has 0 spiro atoms. The molecule has 12 heteroatoms. The third kappa shape index (κ3) is 6.25. The molecule has 36 heavy (non-hydrogen) atoms. The second kappa shape index (κ2) is 10.7. The van der Waals surface area contributed by atoms with Gasteiger partial charge in [-0.15, -0.1) is 11.3 Å². The summed E-state index contributed by atoms with van der Waals surface area (Å²) in [5, 5.41) is 12.1. The maximum absolute atomic E-state index is 13.5. The van der Waals surface area contributed by atoms with Crippen LogP contribution in [0.15, 0.2) is 42.2 Å². The van der Waals surface area contributed by atoms with Crippen LogP contribution in [-0.4, -0.2) is 46.1 Å². The Bertz CT molecular complexity index is 1240. The summed E-state index contributed by atoms with van der Waals surface area (Å²) in [5.41, 5.74) is 2.70. The number of alkyl halides is 3. The Morgan fingerprint density at radius 3 is 2.64 bits per heavy atom. The lowest BCUT2D eigenvalue weighted by atomic mass is 10.1. The van der Waals surface area contributed by atoms with Gasteiger partial charge in [-0.2, -0.15) is 13.2 Å². The lowest BCUT2D eigenvalue weighted by Gasteiger charge is -2.21. The summed E-state index contributed by atoms with van der Waals surface area (Å²) < 4.78 is 40.6. The van der Waals surface area contributed by atoms with Crippen molar-refractivity contribution in [3.8, 4) is 0 Å². The number of thiazole rings is 1. The molecule has 1 fully saturated rings. The van der Waals surface area contributed by atoms with Gasteiger partial charge >= 0.3 is 6.18 Å². The van der Waals surface area contributed by atoms with Crippen LogP contribution in [0.1, 0.15) is 44.9 Å². The predicted octanol–water partition coefficient (Wildman–Crippen LogP) is 4.46. The molecule has 0 radical (unpaired) electrons. The Morgan fingerprint density at radius 1 is 1.22 bits per heavy atom. The van der Waals surface area contributed by atoms with E-state index < -0.39 is 17.6 Å². The monoisotopic (exact) mass is 517 g/mol. The molecule has 4 N–H and O–H groups in total. The maximum atomic E-state index is 13.5. The Hall–Kier alpha value is -3.35.